The van der Waals surface area contributed by atoms with E-state index in [1.807, 2.05) is 0 Å². The summed E-state index contributed by atoms with van der Waals surface area (Å²) < 4.78 is 37.1. The molecular weight excluding hydrogens is 559 g/mol. The number of halogens is 4. The largest absolute Gasteiger partial charge is 0.490 e. The zero-order chi connectivity index (χ0) is 29.1. The van der Waals surface area contributed by atoms with Gasteiger partial charge in [0.15, 0.2) is 0 Å². The molecule has 0 atom stereocenters. The van der Waals surface area contributed by atoms with Crippen LogP contribution >= 0.6 is 11.6 Å². The second kappa shape index (κ2) is 14.3. The minimum atomic E-state index is -5.08. The van der Waals surface area contributed by atoms with Gasteiger partial charge < -0.3 is 20.5 Å². The number of alkyl halides is 3. The Bertz CT molecular complexity index is 1350. The first-order valence-corrected chi connectivity index (χ1v) is 12.2. The van der Waals surface area contributed by atoms with Crippen LogP contribution < -0.4 is 16.2 Å². The molecule has 4 rings (SSSR count). The van der Waals surface area contributed by atoms with Crippen LogP contribution in [0.25, 0.3) is 11.4 Å². The van der Waals surface area contributed by atoms with Crippen LogP contribution in [0.2, 0.25) is 5.02 Å². The van der Waals surface area contributed by atoms with Crippen LogP contribution in [0.15, 0.2) is 47.4 Å². The van der Waals surface area contributed by atoms with Crippen molar-refractivity contribution in [3.63, 3.8) is 0 Å². The van der Waals surface area contributed by atoms with E-state index >= 15 is 0 Å². The smallest absolute Gasteiger partial charge is 0.475 e. The van der Waals surface area contributed by atoms with Crippen molar-refractivity contribution in [2.75, 3.05) is 44.7 Å². The number of nitrogens with zero attached hydrogens (tertiary/aromatic N) is 4. The molecule has 214 valence electrons. The minimum Gasteiger partial charge on any atom is -0.475 e. The maximum atomic E-state index is 12.6. The van der Waals surface area contributed by atoms with Crippen molar-refractivity contribution in [2.45, 2.75) is 12.7 Å². The number of aromatic amines is 1. The molecule has 3 aromatic rings. The molecule has 1 aliphatic heterocycles. The lowest BCUT2D eigenvalue weighted by Gasteiger charge is -2.26. The van der Waals surface area contributed by atoms with Gasteiger partial charge >= 0.3 is 12.1 Å². The number of carboxylic acid groups (broad SMARTS) is 1. The Hall–Kier alpha value is -4.08. The number of carbonyl (C=O) groups is 2. The highest BCUT2D eigenvalue weighted by molar-refractivity contribution is 6.30. The monoisotopic (exact) mass is 583 g/mol. The van der Waals surface area contributed by atoms with Gasteiger partial charge in [-0.15, -0.1) is 0 Å². The number of rotatable bonds is 8. The topological polar surface area (TPSA) is 162 Å². The number of aromatic nitrogens is 4. The van der Waals surface area contributed by atoms with Gasteiger partial charge in [0.2, 0.25) is 5.95 Å². The number of H-pyrrole nitrogens is 1. The highest BCUT2D eigenvalue weighted by Gasteiger charge is 2.38. The summed E-state index contributed by atoms with van der Waals surface area (Å²) in [7, 11) is 0. The SMILES string of the molecule is O=C(NCc1ccc(Cl)cc1)c1cc(-c2ccnc(NCCN3CCOCC3)n2)n[nH]c1=O.O=C(O)C(F)(F)F. The molecule has 1 saturated heterocycles. The Balaban J connectivity index is 0.000000559. The van der Waals surface area contributed by atoms with E-state index in [0.29, 0.717) is 28.9 Å². The van der Waals surface area contributed by atoms with Gasteiger partial charge in [0, 0.05) is 43.9 Å². The predicted octanol–water partition coefficient (Wildman–Crippen LogP) is 2.19. The molecule has 4 N–H and O–H groups in total. The van der Waals surface area contributed by atoms with Gasteiger partial charge in [-0.25, -0.2) is 19.9 Å². The Morgan fingerprint density at radius 3 is 2.45 bits per heavy atom. The molecule has 1 fully saturated rings. The van der Waals surface area contributed by atoms with Gasteiger partial charge in [0.05, 0.1) is 18.9 Å². The summed E-state index contributed by atoms with van der Waals surface area (Å²) in [6.45, 7) is 5.11. The Labute approximate surface area is 230 Å². The van der Waals surface area contributed by atoms with Gasteiger partial charge in [0.25, 0.3) is 11.5 Å². The van der Waals surface area contributed by atoms with Gasteiger partial charge in [-0.2, -0.15) is 18.3 Å². The van der Waals surface area contributed by atoms with E-state index in [4.69, 9.17) is 26.2 Å². The molecule has 1 amide bonds. The van der Waals surface area contributed by atoms with Crippen LogP contribution in [0.3, 0.4) is 0 Å². The first-order valence-electron chi connectivity index (χ1n) is 11.8. The van der Waals surface area contributed by atoms with E-state index in [1.165, 1.54) is 6.07 Å². The third-order valence-electron chi connectivity index (χ3n) is 5.39. The van der Waals surface area contributed by atoms with Crippen molar-refractivity contribution in [3.05, 3.63) is 69.1 Å². The number of carbonyl (C=O) groups excluding carboxylic acids is 1. The fourth-order valence-corrected chi connectivity index (χ4v) is 3.45. The Kier molecular flexibility index (Phi) is 10.9. The predicted molar refractivity (Wildman–Crippen MR) is 138 cm³/mol. The fourth-order valence-electron chi connectivity index (χ4n) is 3.32. The van der Waals surface area contributed by atoms with Crippen LogP contribution in [0.5, 0.6) is 0 Å². The van der Waals surface area contributed by atoms with Crippen molar-refractivity contribution in [1.29, 1.82) is 0 Å². The number of hydrogen-bond acceptors (Lipinski definition) is 9. The first kappa shape index (κ1) is 30.5. The first-order chi connectivity index (χ1) is 19.0. The van der Waals surface area contributed by atoms with E-state index in [-0.39, 0.29) is 12.1 Å². The summed E-state index contributed by atoms with van der Waals surface area (Å²) in [5.74, 6) is -2.82. The summed E-state index contributed by atoms with van der Waals surface area (Å²) >= 11 is 5.88. The molecule has 12 nitrogen and oxygen atoms in total. The molecule has 0 radical (unpaired) electrons. The number of aliphatic carboxylic acids is 1. The Morgan fingerprint density at radius 1 is 1.12 bits per heavy atom. The Morgan fingerprint density at radius 2 is 1.80 bits per heavy atom. The van der Waals surface area contributed by atoms with E-state index in [0.717, 1.165) is 38.4 Å². The number of hydrogen-bond donors (Lipinski definition) is 4. The second-order valence-corrected chi connectivity index (χ2v) is 8.69. The molecular formula is C24H25ClF3N7O5. The average molecular weight is 584 g/mol. The zero-order valence-corrected chi connectivity index (χ0v) is 21.6. The molecule has 0 saturated carbocycles. The maximum Gasteiger partial charge on any atom is 0.490 e. The third kappa shape index (κ3) is 9.59. The molecule has 40 heavy (non-hydrogen) atoms. The van der Waals surface area contributed by atoms with Crippen molar-refractivity contribution in [2.24, 2.45) is 0 Å². The number of carboxylic acids is 1. The minimum absolute atomic E-state index is 0.0468. The molecule has 16 heteroatoms. The number of morpholine rings is 1. The van der Waals surface area contributed by atoms with Crippen LogP contribution in [-0.4, -0.2) is 87.6 Å². The van der Waals surface area contributed by atoms with Gasteiger partial charge in [-0.05, 0) is 29.8 Å². The maximum absolute atomic E-state index is 12.6. The van der Waals surface area contributed by atoms with Crippen LogP contribution in [0.4, 0.5) is 19.1 Å². The lowest BCUT2D eigenvalue weighted by atomic mass is 10.2. The summed E-state index contributed by atoms with van der Waals surface area (Å²) in [6.07, 6.45) is -3.48. The van der Waals surface area contributed by atoms with Crippen molar-refractivity contribution < 1.29 is 32.6 Å². The lowest BCUT2D eigenvalue weighted by molar-refractivity contribution is -0.192. The van der Waals surface area contributed by atoms with E-state index in [2.05, 4.69) is 35.7 Å². The molecule has 3 heterocycles. The number of nitrogens with one attached hydrogen (secondary N) is 3. The molecule has 0 aliphatic carbocycles. The lowest BCUT2D eigenvalue weighted by Crippen LogP contribution is -2.39. The summed E-state index contributed by atoms with van der Waals surface area (Å²) in [6, 6.07) is 10.2. The van der Waals surface area contributed by atoms with Gasteiger partial charge in [-0.1, -0.05) is 23.7 Å². The average Bonchev–Trinajstić information content (AvgIpc) is 2.93. The summed E-state index contributed by atoms with van der Waals surface area (Å²) in [4.78, 5) is 44.7. The molecule has 0 unspecified atom stereocenters. The van der Waals surface area contributed by atoms with Crippen LogP contribution in [-0.2, 0) is 16.1 Å². The summed E-state index contributed by atoms with van der Waals surface area (Å²) in [5.41, 5.74) is 1.09. The zero-order valence-electron chi connectivity index (χ0n) is 20.9. The van der Waals surface area contributed by atoms with Crippen molar-refractivity contribution >= 4 is 29.4 Å². The normalized spacial score (nSPS) is 13.6. The van der Waals surface area contributed by atoms with Crippen LogP contribution in [0, 0.1) is 0 Å². The van der Waals surface area contributed by atoms with Gasteiger partial charge in [0.1, 0.15) is 11.3 Å². The standard InChI is InChI=1S/C22H24ClN7O3.C2HF3O2/c23-16-3-1-15(2-4-16)14-26-20(31)17-13-19(28-29-21(17)32)18-5-6-24-22(27-18)25-7-8-30-9-11-33-12-10-30;3-2(4,5)1(6)7/h1-6,13H,7-12,14H2,(H,26,31)(H,29,32)(H,24,25,27);(H,6,7). The number of anilines is 1. The summed E-state index contributed by atoms with van der Waals surface area (Å²) in [5, 5.41) is 20.1. The number of benzene rings is 1. The number of ether oxygens (including phenoxy) is 1. The third-order valence-corrected chi connectivity index (χ3v) is 5.64. The highest BCUT2D eigenvalue weighted by Crippen LogP contribution is 2.15. The fraction of sp³-hybridized carbons (Fsp3) is 0.333. The number of amides is 1. The quantitative estimate of drug-likeness (QED) is 0.309. The highest BCUT2D eigenvalue weighted by atomic mass is 35.5. The molecule has 1 aliphatic rings. The van der Waals surface area contributed by atoms with Crippen LogP contribution in [0.1, 0.15) is 15.9 Å². The molecule has 2 aromatic heterocycles. The second-order valence-electron chi connectivity index (χ2n) is 8.25. The van der Waals surface area contributed by atoms with Crippen molar-refractivity contribution in [3.8, 4) is 11.4 Å². The van der Waals surface area contributed by atoms with E-state index < -0.39 is 23.6 Å². The van der Waals surface area contributed by atoms with E-state index in [9.17, 15) is 22.8 Å². The van der Waals surface area contributed by atoms with E-state index in [1.54, 1.807) is 36.5 Å². The van der Waals surface area contributed by atoms with Gasteiger partial charge in [-0.3, -0.25) is 14.5 Å². The van der Waals surface area contributed by atoms with Crippen molar-refractivity contribution in [1.82, 2.24) is 30.4 Å². The molecule has 1 aromatic carbocycles. The molecule has 0 bridgehead atoms. The molecule has 0 spiro atoms.